The summed E-state index contributed by atoms with van der Waals surface area (Å²) in [6.45, 7) is 4.77. The maximum absolute atomic E-state index is 12.8. The van der Waals surface area contributed by atoms with E-state index in [1.165, 1.54) is 0 Å². The second-order valence-electron chi connectivity index (χ2n) is 7.76. The minimum atomic E-state index is -0.282. The lowest BCUT2D eigenvalue weighted by Crippen LogP contribution is -2.25. The number of aryl methyl sites for hydroxylation is 1. The Bertz CT molecular complexity index is 1180. The molecule has 0 saturated carbocycles. The van der Waals surface area contributed by atoms with Gasteiger partial charge in [-0.2, -0.15) is 0 Å². The molecule has 1 heterocycles. The minimum absolute atomic E-state index is 0.167. The van der Waals surface area contributed by atoms with Crippen LogP contribution in [0.15, 0.2) is 60.7 Å². The van der Waals surface area contributed by atoms with Crippen LogP contribution in [0.25, 0.3) is 0 Å². The highest BCUT2D eigenvalue weighted by Gasteiger charge is 2.16. The topological polar surface area (TPSA) is 85.9 Å². The largest absolute Gasteiger partial charge is 0.493 e. The van der Waals surface area contributed by atoms with Crippen molar-refractivity contribution in [3.05, 3.63) is 82.9 Å². The molecule has 0 aliphatic carbocycles. The van der Waals surface area contributed by atoms with E-state index < -0.39 is 0 Å². The van der Waals surface area contributed by atoms with Gasteiger partial charge in [0.05, 0.1) is 24.3 Å². The third kappa shape index (κ3) is 5.44. The fourth-order valence-electron chi connectivity index (χ4n) is 3.47. The molecule has 3 aromatic rings. The summed E-state index contributed by atoms with van der Waals surface area (Å²) in [5.74, 6) is 1.62. The number of nitrogens with one attached hydrogen (secondary N) is 2. The predicted molar refractivity (Wildman–Crippen MR) is 125 cm³/mol. The number of anilines is 1. The quantitative estimate of drug-likeness (QED) is 0.537. The van der Waals surface area contributed by atoms with Crippen LogP contribution in [0.4, 0.5) is 5.69 Å². The Morgan fingerprint density at radius 2 is 1.79 bits per heavy atom. The zero-order chi connectivity index (χ0) is 23.2. The fourth-order valence-corrected chi connectivity index (χ4v) is 3.47. The van der Waals surface area contributed by atoms with E-state index in [9.17, 15) is 9.59 Å². The molecule has 7 heteroatoms. The molecule has 33 heavy (non-hydrogen) atoms. The number of benzene rings is 3. The number of ether oxygens (including phenoxy) is 3. The van der Waals surface area contributed by atoms with E-state index in [4.69, 9.17) is 14.2 Å². The zero-order valence-electron chi connectivity index (χ0n) is 18.6. The van der Waals surface area contributed by atoms with Crippen LogP contribution in [-0.4, -0.2) is 25.2 Å². The van der Waals surface area contributed by atoms with Crippen LogP contribution in [0.5, 0.6) is 17.2 Å². The van der Waals surface area contributed by atoms with Gasteiger partial charge in [0.2, 0.25) is 12.7 Å². The highest BCUT2D eigenvalue weighted by Crippen LogP contribution is 2.32. The average Bonchev–Trinajstić information content (AvgIpc) is 3.28. The van der Waals surface area contributed by atoms with E-state index in [-0.39, 0.29) is 31.6 Å². The van der Waals surface area contributed by atoms with Crippen molar-refractivity contribution < 1.29 is 23.8 Å². The summed E-state index contributed by atoms with van der Waals surface area (Å²) in [5, 5.41) is 5.70. The summed E-state index contributed by atoms with van der Waals surface area (Å²) >= 11 is 0. The van der Waals surface area contributed by atoms with E-state index in [0.29, 0.717) is 29.3 Å². The van der Waals surface area contributed by atoms with Gasteiger partial charge in [-0.15, -0.1) is 0 Å². The van der Waals surface area contributed by atoms with Gasteiger partial charge in [0, 0.05) is 6.54 Å². The summed E-state index contributed by atoms with van der Waals surface area (Å²) in [4.78, 5) is 25.2. The standard InChI is InChI=1S/C26H26N2O5/c1-17-6-5-9-22(18(17)2)31-13-12-25(29)28-21-8-4-3-7-20(21)26(30)27-15-19-10-11-23-24(14-19)33-16-32-23/h3-11,14H,12-13,15-16H2,1-2H3,(H,27,30)(H,28,29). The monoisotopic (exact) mass is 446 g/mol. The van der Waals surface area contributed by atoms with Crippen LogP contribution in [0, 0.1) is 13.8 Å². The summed E-state index contributed by atoms with van der Waals surface area (Å²) in [6, 6.07) is 18.3. The van der Waals surface area contributed by atoms with E-state index in [1.54, 1.807) is 24.3 Å². The summed E-state index contributed by atoms with van der Waals surface area (Å²) < 4.78 is 16.4. The van der Waals surface area contributed by atoms with Gasteiger partial charge in [-0.25, -0.2) is 0 Å². The average molecular weight is 447 g/mol. The molecule has 3 aromatic carbocycles. The Balaban J connectivity index is 1.32. The smallest absolute Gasteiger partial charge is 0.253 e. The normalized spacial score (nSPS) is 11.7. The van der Waals surface area contributed by atoms with E-state index in [1.807, 2.05) is 50.2 Å². The van der Waals surface area contributed by atoms with Crippen molar-refractivity contribution >= 4 is 17.5 Å². The first-order valence-electron chi connectivity index (χ1n) is 10.8. The second kappa shape index (κ2) is 10.1. The number of para-hydroxylation sites is 1. The first-order valence-corrected chi connectivity index (χ1v) is 10.8. The highest BCUT2D eigenvalue weighted by molar-refractivity contribution is 6.03. The summed E-state index contributed by atoms with van der Waals surface area (Å²) in [5.41, 5.74) is 3.93. The molecule has 0 aromatic heterocycles. The second-order valence-corrected chi connectivity index (χ2v) is 7.76. The van der Waals surface area contributed by atoms with Crippen LogP contribution in [0.3, 0.4) is 0 Å². The molecule has 0 fully saturated rings. The van der Waals surface area contributed by atoms with Crippen LogP contribution >= 0.6 is 0 Å². The lowest BCUT2D eigenvalue weighted by atomic mass is 10.1. The highest BCUT2D eigenvalue weighted by atomic mass is 16.7. The lowest BCUT2D eigenvalue weighted by molar-refractivity contribution is -0.116. The molecule has 0 radical (unpaired) electrons. The Kier molecular flexibility index (Phi) is 6.78. The van der Waals surface area contributed by atoms with Gasteiger partial charge in [-0.1, -0.05) is 30.3 Å². The van der Waals surface area contributed by atoms with Crippen molar-refractivity contribution in [3.63, 3.8) is 0 Å². The minimum Gasteiger partial charge on any atom is -0.493 e. The molecule has 2 N–H and O–H groups in total. The first-order chi connectivity index (χ1) is 16.0. The van der Waals surface area contributed by atoms with Gasteiger partial charge in [0.25, 0.3) is 5.91 Å². The third-order valence-electron chi connectivity index (χ3n) is 5.48. The number of amides is 2. The summed E-state index contributed by atoms with van der Waals surface area (Å²) in [6.07, 6.45) is 0.167. The Morgan fingerprint density at radius 3 is 2.67 bits per heavy atom. The molecule has 0 atom stereocenters. The van der Waals surface area contributed by atoms with Crippen LogP contribution < -0.4 is 24.8 Å². The molecule has 7 nitrogen and oxygen atoms in total. The molecule has 1 aliphatic rings. The van der Waals surface area contributed by atoms with E-state index in [0.717, 1.165) is 22.4 Å². The molecule has 0 unspecified atom stereocenters. The van der Waals surface area contributed by atoms with Crippen molar-refractivity contribution in [1.29, 1.82) is 0 Å². The molecular weight excluding hydrogens is 420 g/mol. The van der Waals surface area contributed by atoms with Crippen molar-refractivity contribution in [2.45, 2.75) is 26.8 Å². The maximum Gasteiger partial charge on any atom is 0.253 e. The number of fused-ring (bicyclic) bond motifs is 1. The molecular formula is C26H26N2O5. The number of rotatable bonds is 8. The van der Waals surface area contributed by atoms with Crippen molar-refractivity contribution in [3.8, 4) is 17.2 Å². The van der Waals surface area contributed by atoms with Gasteiger partial charge in [0.15, 0.2) is 11.5 Å². The molecule has 2 amide bonds. The van der Waals surface area contributed by atoms with Crippen LogP contribution in [0.2, 0.25) is 0 Å². The van der Waals surface area contributed by atoms with Gasteiger partial charge in [0.1, 0.15) is 5.75 Å². The molecule has 1 aliphatic heterocycles. The van der Waals surface area contributed by atoms with Crippen molar-refractivity contribution in [2.75, 3.05) is 18.7 Å². The van der Waals surface area contributed by atoms with Crippen LogP contribution in [-0.2, 0) is 11.3 Å². The number of hydrogen-bond acceptors (Lipinski definition) is 5. The predicted octanol–water partition coefficient (Wildman–Crippen LogP) is 4.37. The Hall–Kier alpha value is -4.00. The van der Waals surface area contributed by atoms with Crippen molar-refractivity contribution in [2.24, 2.45) is 0 Å². The lowest BCUT2D eigenvalue weighted by Gasteiger charge is -2.13. The zero-order valence-corrected chi connectivity index (χ0v) is 18.6. The molecule has 170 valence electrons. The van der Waals surface area contributed by atoms with E-state index in [2.05, 4.69) is 10.6 Å². The Labute approximate surface area is 192 Å². The number of carbonyl (C=O) groups excluding carboxylic acids is 2. The van der Waals surface area contributed by atoms with Gasteiger partial charge < -0.3 is 24.8 Å². The van der Waals surface area contributed by atoms with Gasteiger partial charge in [-0.3, -0.25) is 9.59 Å². The third-order valence-corrected chi connectivity index (χ3v) is 5.48. The number of carbonyl (C=O) groups is 2. The molecule has 4 rings (SSSR count). The number of hydrogen-bond donors (Lipinski definition) is 2. The first kappa shape index (κ1) is 22.2. The molecule has 0 spiro atoms. The molecule has 0 saturated heterocycles. The Morgan fingerprint density at radius 1 is 0.970 bits per heavy atom. The summed E-state index contributed by atoms with van der Waals surface area (Å²) in [7, 11) is 0. The SMILES string of the molecule is Cc1cccc(OCCC(=O)Nc2ccccc2C(=O)NCc2ccc3c(c2)OCO3)c1C. The van der Waals surface area contributed by atoms with Crippen LogP contribution in [0.1, 0.15) is 33.5 Å². The van der Waals surface area contributed by atoms with Gasteiger partial charge >= 0.3 is 0 Å². The molecule has 0 bridgehead atoms. The van der Waals surface area contributed by atoms with Gasteiger partial charge in [-0.05, 0) is 60.9 Å². The van der Waals surface area contributed by atoms with Crippen molar-refractivity contribution in [1.82, 2.24) is 5.32 Å². The van der Waals surface area contributed by atoms with E-state index >= 15 is 0 Å². The maximum atomic E-state index is 12.8. The fraction of sp³-hybridized carbons (Fsp3) is 0.231.